The number of likely N-dealkylation sites (N-methyl/N-ethyl adjacent to an activating group) is 1. The number of carbonyl (C=O) groups excluding carboxylic acids is 1. The number of carbonyl (C=O) groups is 1. The van der Waals surface area contributed by atoms with Crippen LogP contribution in [0, 0.1) is 46.3 Å². The molecule has 0 bridgehead atoms. The van der Waals surface area contributed by atoms with Gasteiger partial charge in [0, 0.05) is 6.42 Å². The van der Waals surface area contributed by atoms with Crippen LogP contribution in [0.1, 0.15) is 105 Å². The zero-order valence-corrected chi connectivity index (χ0v) is 29.2. The minimum atomic E-state index is -4.29. The highest BCUT2D eigenvalue weighted by Crippen LogP contribution is 2.67. The number of rotatable bonds is 13. The summed E-state index contributed by atoms with van der Waals surface area (Å²) in [6.07, 6.45) is 15.7. The Balaban J connectivity index is 0.00000506. The van der Waals surface area contributed by atoms with Crippen LogP contribution in [0.3, 0.4) is 0 Å². The predicted molar refractivity (Wildman–Crippen MR) is 169 cm³/mol. The van der Waals surface area contributed by atoms with Gasteiger partial charge in [-0.1, -0.05) is 65.5 Å². The molecule has 0 saturated heterocycles. The highest BCUT2D eigenvalue weighted by molar-refractivity contribution is 7.47. The van der Waals surface area contributed by atoms with E-state index in [4.69, 9.17) is 13.8 Å². The van der Waals surface area contributed by atoms with Crippen molar-refractivity contribution in [3.05, 3.63) is 11.6 Å². The molecular weight excluding hydrogens is 565 g/mol. The summed E-state index contributed by atoms with van der Waals surface area (Å²) >= 11 is 0. The molecule has 4 aliphatic rings. The van der Waals surface area contributed by atoms with Gasteiger partial charge >= 0.3 is 13.8 Å². The van der Waals surface area contributed by atoms with Crippen molar-refractivity contribution in [2.24, 2.45) is 46.3 Å². The lowest BCUT2D eigenvalue weighted by Crippen LogP contribution is -2.51. The molecule has 4 rings (SSSR count). The molecule has 4 aliphatic carbocycles. The summed E-state index contributed by atoms with van der Waals surface area (Å²) in [5.74, 6) is 4.21. The Morgan fingerprint density at radius 1 is 1.05 bits per heavy atom. The monoisotopic (exact) mass is 627 g/mol. The zero-order chi connectivity index (χ0) is 30.9. The van der Waals surface area contributed by atoms with Crippen molar-refractivity contribution in [3.63, 3.8) is 0 Å². The van der Waals surface area contributed by atoms with E-state index >= 15 is 0 Å². The van der Waals surface area contributed by atoms with Gasteiger partial charge in [-0.05, 0) is 91.3 Å². The number of phosphoric acid groups is 1. The smallest absolute Gasteiger partial charge is 0.472 e. The van der Waals surface area contributed by atoms with Crippen LogP contribution in [-0.2, 0) is 23.1 Å². The van der Waals surface area contributed by atoms with E-state index in [-0.39, 0.29) is 23.6 Å². The Morgan fingerprint density at radius 3 is 2.44 bits per heavy atom. The van der Waals surface area contributed by atoms with E-state index < -0.39 is 20.4 Å². The van der Waals surface area contributed by atoms with Crippen LogP contribution < -0.4 is 0 Å². The van der Waals surface area contributed by atoms with E-state index in [9.17, 15) is 14.3 Å². The lowest BCUT2D eigenvalue weighted by Gasteiger charge is -2.58. The first kappa shape index (κ1) is 36.7. The standard InChI is InChI=1S/C34H60NO6P.H2O/c1-24(2)10-9-11-25(3)29-14-15-30-28-13-12-26-22-27(16-18-33(26,4)31(28)17-19-34(29,30)5)41-32(36)23-40-42(37,38)39-21-20-35(6,7)8;/h12,24-25,27-31H,9-11,13-23H2,1-8H3;1H2/t25-,27?,28+,29-,30+,31+,33+,34-;/m1./s1. The van der Waals surface area contributed by atoms with Gasteiger partial charge < -0.3 is 19.6 Å². The lowest BCUT2D eigenvalue weighted by atomic mass is 9.47. The zero-order valence-electron chi connectivity index (χ0n) is 28.3. The van der Waals surface area contributed by atoms with E-state index in [0.717, 1.165) is 61.2 Å². The van der Waals surface area contributed by atoms with E-state index in [2.05, 4.69) is 40.7 Å². The molecule has 250 valence electrons. The Hall–Kier alpha value is -0.760. The van der Waals surface area contributed by atoms with Gasteiger partial charge in [-0.15, -0.1) is 0 Å². The summed E-state index contributed by atoms with van der Waals surface area (Å²) in [5.41, 5.74) is 2.13. The third kappa shape index (κ3) is 8.74. The molecule has 43 heavy (non-hydrogen) atoms. The number of nitrogens with zero attached hydrogens (tertiary/aromatic N) is 1. The Morgan fingerprint density at radius 2 is 1.77 bits per heavy atom. The summed E-state index contributed by atoms with van der Waals surface area (Å²) in [4.78, 5) is 22.5. The molecule has 0 aromatic rings. The van der Waals surface area contributed by atoms with Gasteiger partial charge in [-0.3, -0.25) is 9.05 Å². The van der Waals surface area contributed by atoms with Crippen LogP contribution in [0.15, 0.2) is 11.6 Å². The van der Waals surface area contributed by atoms with Crippen molar-refractivity contribution in [2.75, 3.05) is 40.9 Å². The Labute approximate surface area is 261 Å². The SMILES string of the molecule is CC(C)CCC[C@@H](C)[C@H]1CC[C@H]2[C@@H]3CC=C4CC(OC(=O)COP(=O)(O)OCC[N+](C)(C)C)CC[C@]4(C)[C@H]3CC[C@]12C.[OH-]. The third-order valence-electron chi connectivity index (χ3n) is 11.9. The average molecular weight is 628 g/mol. The molecule has 0 amide bonds. The van der Waals surface area contributed by atoms with Gasteiger partial charge in [0.2, 0.25) is 0 Å². The van der Waals surface area contributed by atoms with Crippen LogP contribution in [-0.4, -0.2) is 67.8 Å². The largest absolute Gasteiger partial charge is 0.870 e. The summed E-state index contributed by atoms with van der Waals surface area (Å²) in [7, 11) is 1.60. The van der Waals surface area contributed by atoms with Gasteiger partial charge in [0.1, 0.15) is 19.3 Å². The Kier molecular flexibility index (Phi) is 12.2. The van der Waals surface area contributed by atoms with Gasteiger partial charge in [-0.2, -0.15) is 0 Å². The van der Waals surface area contributed by atoms with Gasteiger partial charge in [-0.25, -0.2) is 9.36 Å². The van der Waals surface area contributed by atoms with E-state index in [1.165, 1.54) is 50.5 Å². The fraction of sp³-hybridized carbons (Fsp3) is 0.912. The van der Waals surface area contributed by atoms with E-state index in [0.29, 0.717) is 16.4 Å². The second kappa shape index (κ2) is 14.3. The van der Waals surface area contributed by atoms with Crippen molar-refractivity contribution in [2.45, 2.75) is 111 Å². The van der Waals surface area contributed by atoms with E-state index in [1.54, 1.807) is 0 Å². The minimum absolute atomic E-state index is 0. The topological polar surface area (TPSA) is 112 Å². The van der Waals surface area contributed by atoms with Gasteiger partial charge in [0.25, 0.3) is 0 Å². The number of allylic oxidation sites excluding steroid dienone is 1. The van der Waals surface area contributed by atoms with Crippen LogP contribution in [0.5, 0.6) is 0 Å². The molecule has 0 heterocycles. The van der Waals surface area contributed by atoms with Crippen LogP contribution >= 0.6 is 7.82 Å². The maximum absolute atomic E-state index is 12.5. The maximum atomic E-state index is 12.5. The average Bonchev–Trinajstić information content (AvgIpc) is 3.24. The van der Waals surface area contributed by atoms with Crippen molar-refractivity contribution < 1.29 is 38.0 Å². The van der Waals surface area contributed by atoms with Crippen LogP contribution in [0.4, 0.5) is 0 Å². The molecule has 2 N–H and O–H groups in total. The highest BCUT2D eigenvalue weighted by Gasteiger charge is 2.59. The molecule has 0 aliphatic heterocycles. The molecule has 3 fully saturated rings. The van der Waals surface area contributed by atoms with Gasteiger partial charge in [0.15, 0.2) is 6.61 Å². The second-order valence-corrected chi connectivity index (χ2v) is 17.7. The molecule has 3 saturated carbocycles. The number of quaternary nitrogens is 1. The molecule has 0 aromatic carbocycles. The first-order valence-electron chi connectivity index (χ1n) is 16.9. The maximum Gasteiger partial charge on any atom is 0.472 e. The predicted octanol–water partition coefficient (Wildman–Crippen LogP) is 7.60. The van der Waals surface area contributed by atoms with Crippen LogP contribution in [0.25, 0.3) is 0 Å². The number of ether oxygens (including phenoxy) is 1. The minimum Gasteiger partial charge on any atom is -0.870 e. The second-order valence-electron chi connectivity index (χ2n) is 16.2. The molecular formula is C34H62NO7P. The fourth-order valence-electron chi connectivity index (χ4n) is 9.57. The third-order valence-corrected chi connectivity index (χ3v) is 12.9. The van der Waals surface area contributed by atoms with Crippen molar-refractivity contribution in [1.29, 1.82) is 0 Å². The Bertz CT molecular complexity index is 1020. The quantitative estimate of drug-likeness (QED) is 0.0968. The van der Waals surface area contributed by atoms with Crippen LogP contribution in [0.2, 0.25) is 0 Å². The van der Waals surface area contributed by atoms with Crippen molar-refractivity contribution in [1.82, 2.24) is 0 Å². The molecule has 0 aromatic heterocycles. The van der Waals surface area contributed by atoms with Crippen molar-refractivity contribution in [3.8, 4) is 0 Å². The molecule has 9 heteroatoms. The van der Waals surface area contributed by atoms with Gasteiger partial charge in [0.05, 0.1) is 21.1 Å². The summed E-state index contributed by atoms with van der Waals surface area (Å²) < 4.78 is 28.5. The number of phosphoric ester groups is 1. The van der Waals surface area contributed by atoms with Crippen molar-refractivity contribution >= 4 is 13.8 Å². The number of hydrogen-bond acceptors (Lipinski definition) is 6. The number of hydrogen-bond donors (Lipinski definition) is 1. The first-order chi connectivity index (χ1) is 19.5. The molecule has 2 unspecified atom stereocenters. The lowest BCUT2D eigenvalue weighted by molar-refractivity contribution is -0.870. The molecule has 9 atom stereocenters. The number of esters is 1. The normalized spacial score (nSPS) is 36.0. The summed E-state index contributed by atoms with van der Waals surface area (Å²) in [6, 6.07) is 0. The first-order valence-corrected chi connectivity index (χ1v) is 18.3. The molecule has 0 spiro atoms. The summed E-state index contributed by atoms with van der Waals surface area (Å²) in [6.45, 7) is 12.4. The molecule has 8 nitrogen and oxygen atoms in total. The van der Waals surface area contributed by atoms with E-state index in [1.807, 2.05) is 21.1 Å². The highest BCUT2D eigenvalue weighted by atomic mass is 31.2. The molecule has 0 radical (unpaired) electrons. The summed E-state index contributed by atoms with van der Waals surface area (Å²) in [5, 5.41) is 0. The number of fused-ring (bicyclic) bond motifs is 5. The fourth-order valence-corrected chi connectivity index (χ4v) is 10.2.